The van der Waals surface area contributed by atoms with Gasteiger partial charge in [-0.25, -0.2) is 4.98 Å². The number of fused-ring (bicyclic) bond motifs is 1. The first-order chi connectivity index (χ1) is 15.6. The van der Waals surface area contributed by atoms with Crippen LogP contribution < -0.4 is 10.9 Å². The fraction of sp³-hybridized carbons (Fsp3) is 0.250. The van der Waals surface area contributed by atoms with Crippen LogP contribution in [0.15, 0.2) is 57.1 Å². The summed E-state index contributed by atoms with van der Waals surface area (Å²) in [5, 5.41) is 7.92. The van der Waals surface area contributed by atoms with Gasteiger partial charge in [-0.1, -0.05) is 38.6 Å². The number of benzene rings is 1. The number of amides is 1. The van der Waals surface area contributed by atoms with Crippen molar-refractivity contribution in [3.63, 3.8) is 0 Å². The van der Waals surface area contributed by atoms with Crippen LogP contribution in [0.3, 0.4) is 0 Å². The molecule has 1 N–H and O–H groups in total. The zero-order valence-corrected chi connectivity index (χ0v) is 21.1. The number of anilines is 1. The van der Waals surface area contributed by atoms with Gasteiger partial charge in [-0.2, -0.15) is 0 Å². The molecule has 6 nitrogen and oxygen atoms in total. The first kappa shape index (κ1) is 23.4. The Bertz CT molecular complexity index is 1380. The minimum Gasteiger partial charge on any atom is -0.326 e. The van der Waals surface area contributed by atoms with Crippen molar-refractivity contribution in [1.29, 1.82) is 0 Å². The van der Waals surface area contributed by atoms with Crippen molar-refractivity contribution in [1.82, 2.24) is 9.55 Å². The molecule has 3 heterocycles. The molecule has 9 heteroatoms. The van der Waals surface area contributed by atoms with E-state index in [0.29, 0.717) is 26.6 Å². The Kier molecular flexibility index (Phi) is 6.56. The molecule has 170 valence electrons. The third-order valence-corrected chi connectivity index (χ3v) is 7.84. The molecule has 0 spiro atoms. The number of hydrogen-bond donors (Lipinski definition) is 1. The lowest BCUT2D eigenvalue weighted by Gasteiger charge is -2.17. The second kappa shape index (κ2) is 9.24. The van der Waals surface area contributed by atoms with Crippen molar-refractivity contribution in [2.75, 3.05) is 11.1 Å². The number of aromatic nitrogens is 2. The molecule has 0 unspecified atom stereocenters. The van der Waals surface area contributed by atoms with Crippen molar-refractivity contribution < 1.29 is 9.59 Å². The van der Waals surface area contributed by atoms with Crippen LogP contribution in [0.25, 0.3) is 20.7 Å². The van der Waals surface area contributed by atoms with Gasteiger partial charge in [0, 0.05) is 39.5 Å². The zero-order chi connectivity index (χ0) is 23.8. The van der Waals surface area contributed by atoms with Gasteiger partial charge in [0.25, 0.3) is 5.56 Å². The molecule has 4 rings (SSSR count). The van der Waals surface area contributed by atoms with E-state index in [9.17, 15) is 14.4 Å². The SMILES string of the molecule is Cn1c(SCC(=O)c2ccc(NC(=O)C(C)(C)C)cc2)nc2scc(-c3cccs3)c2c1=O. The summed E-state index contributed by atoms with van der Waals surface area (Å²) >= 11 is 4.27. The molecule has 1 aromatic carbocycles. The van der Waals surface area contributed by atoms with Crippen LogP contribution in [0.4, 0.5) is 5.69 Å². The Morgan fingerprint density at radius 3 is 2.48 bits per heavy atom. The quantitative estimate of drug-likeness (QED) is 0.210. The first-order valence-electron chi connectivity index (χ1n) is 10.2. The van der Waals surface area contributed by atoms with Gasteiger partial charge in [0.15, 0.2) is 10.9 Å². The average Bonchev–Trinajstić information content (AvgIpc) is 3.44. The third kappa shape index (κ3) is 4.95. The largest absolute Gasteiger partial charge is 0.326 e. The van der Waals surface area contributed by atoms with E-state index in [4.69, 9.17) is 0 Å². The highest BCUT2D eigenvalue weighted by molar-refractivity contribution is 7.99. The number of thioether (sulfide) groups is 1. The smallest absolute Gasteiger partial charge is 0.263 e. The van der Waals surface area contributed by atoms with Gasteiger partial charge >= 0.3 is 0 Å². The summed E-state index contributed by atoms with van der Waals surface area (Å²) in [6.07, 6.45) is 0. The third-order valence-electron chi connectivity index (χ3n) is 5.04. The van der Waals surface area contributed by atoms with E-state index in [1.807, 2.05) is 43.7 Å². The summed E-state index contributed by atoms with van der Waals surface area (Å²) in [4.78, 5) is 44.2. The fourth-order valence-electron chi connectivity index (χ4n) is 3.07. The maximum absolute atomic E-state index is 13.0. The summed E-state index contributed by atoms with van der Waals surface area (Å²) < 4.78 is 1.51. The summed E-state index contributed by atoms with van der Waals surface area (Å²) in [6.45, 7) is 5.53. The summed E-state index contributed by atoms with van der Waals surface area (Å²) in [5.74, 6) is -0.00773. The predicted molar refractivity (Wildman–Crippen MR) is 138 cm³/mol. The highest BCUT2D eigenvalue weighted by atomic mass is 32.2. The van der Waals surface area contributed by atoms with E-state index < -0.39 is 5.41 Å². The van der Waals surface area contributed by atoms with Gasteiger partial charge in [-0.05, 0) is 35.7 Å². The number of thiophene rings is 2. The predicted octanol–water partition coefficient (Wildman–Crippen LogP) is 5.68. The fourth-order valence-corrected chi connectivity index (χ4v) is 5.74. The zero-order valence-electron chi connectivity index (χ0n) is 18.7. The van der Waals surface area contributed by atoms with Crippen LogP contribution in [-0.2, 0) is 11.8 Å². The second-order valence-corrected chi connectivity index (χ2v) is 11.3. The number of nitrogens with one attached hydrogen (secondary N) is 1. The number of carbonyl (C=O) groups excluding carboxylic acids is 2. The van der Waals surface area contributed by atoms with E-state index in [0.717, 1.165) is 10.4 Å². The van der Waals surface area contributed by atoms with Gasteiger partial charge in [0.1, 0.15) is 4.83 Å². The van der Waals surface area contributed by atoms with Crippen LogP contribution in [-0.4, -0.2) is 27.0 Å². The Morgan fingerprint density at radius 2 is 1.85 bits per heavy atom. The van der Waals surface area contributed by atoms with E-state index in [-0.39, 0.29) is 23.0 Å². The number of nitrogens with zero attached hydrogens (tertiary/aromatic N) is 2. The lowest BCUT2D eigenvalue weighted by atomic mass is 9.95. The molecule has 0 saturated heterocycles. The molecule has 0 aliphatic heterocycles. The van der Waals surface area contributed by atoms with Crippen molar-refractivity contribution in [2.24, 2.45) is 12.5 Å². The molecule has 0 radical (unpaired) electrons. The molecular weight excluding hydrogens is 474 g/mol. The number of ketones is 1. The number of hydrogen-bond acceptors (Lipinski definition) is 7. The molecule has 1 amide bonds. The Morgan fingerprint density at radius 1 is 1.12 bits per heavy atom. The summed E-state index contributed by atoms with van der Waals surface area (Å²) in [7, 11) is 1.68. The molecule has 33 heavy (non-hydrogen) atoms. The topological polar surface area (TPSA) is 81.1 Å². The van der Waals surface area contributed by atoms with Gasteiger partial charge in [0.05, 0.1) is 11.1 Å². The number of Topliss-reactive ketones (excluding diaryl/α,β-unsaturated/α-hetero) is 1. The standard InChI is InChI=1S/C24H23N3O3S3/c1-24(2,3)22(30)25-15-9-7-14(8-10-15)17(28)13-33-23-26-20-19(21(29)27(23)4)16(12-32-20)18-6-5-11-31-18/h5-12H,13H2,1-4H3,(H,25,30). The highest BCUT2D eigenvalue weighted by Crippen LogP contribution is 2.34. The highest BCUT2D eigenvalue weighted by Gasteiger charge is 2.21. The van der Waals surface area contributed by atoms with Crippen LogP contribution >= 0.6 is 34.4 Å². The van der Waals surface area contributed by atoms with Gasteiger partial charge in [-0.15, -0.1) is 22.7 Å². The number of carbonyl (C=O) groups is 2. The molecule has 4 aromatic rings. The average molecular weight is 498 g/mol. The Hall–Kier alpha value is -2.75. The van der Waals surface area contributed by atoms with Gasteiger partial charge < -0.3 is 5.32 Å². The van der Waals surface area contributed by atoms with Crippen molar-refractivity contribution >= 4 is 62.0 Å². The summed E-state index contributed by atoms with van der Waals surface area (Å²) in [5.41, 5.74) is 1.48. The van der Waals surface area contributed by atoms with Crippen LogP contribution in [0, 0.1) is 5.41 Å². The molecular formula is C24H23N3O3S3. The van der Waals surface area contributed by atoms with E-state index in [1.54, 1.807) is 42.6 Å². The lowest BCUT2D eigenvalue weighted by molar-refractivity contribution is -0.123. The van der Waals surface area contributed by atoms with Crippen LogP contribution in [0.2, 0.25) is 0 Å². The van der Waals surface area contributed by atoms with Crippen molar-refractivity contribution in [2.45, 2.75) is 25.9 Å². The molecule has 0 aliphatic carbocycles. The second-order valence-electron chi connectivity index (χ2n) is 8.56. The molecule has 0 atom stereocenters. The van der Waals surface area contributed by atoms with E-state index >= 15 is 0 Å². The van der Waals surface area contributed by atoms with Gasteiger partial charge in [0.2, 0.25) is 5.91 Å². The molecule has 0 aliphatic rings. The maximum atomic E-state index is 13.0. The lowest BCUT2D eigenvalue weighted by Crippen LogP contribution is -2.27. The molecule has 3 aromatic heterocycles. The molecule has 0 fully saturated rings. The van der Waals surface area contributed by atoms with Crippen molar-refractivity contribution in [3.05, 3.63) is 63.1 Å². The molecule has 0 saturated carbocycles. The normalized spacial score (nSPS) is 11.6. The Labute approximate surface area is 203 Å². The monoisotopic (exact) mass is 497 g/mol. The Balaban J connectivity index is 1.48. The maximum Gasteiger partial charge on any atom is 0.263 e. The van der Waals surface area contributed by atoms with Gasteiger partial charge in [-0.3, -0.25) is 19.0 Å². The minimum atomic E-state index is -0.498. The molecule has 0 bridgehead atoms. The summed E-state index contributed by atoms with van der Waals surface area (Å²) in [6, 6.07) is 10.8. The van der Waals surface area contributed by atoms with Crippen LogP contribution in [0.1, 0.15) is 31.1 Å². The van der Waals surface area contributed by atoms with Crippen LogP contribution in [0.5, 0.6) is 0 Å². The van der Waals surface area contributed by atoms with E-state index in [1.165, 1.54) is 27.7 Å². The number of rotatable bonds is 6. The van der Waals surface area contributed by atoms with E-state index in [2.05, 4.69) is 10.3 Å². The first-order valence-corrected chi connectivity index (χ1v) is 13.0. The van der Waals surface area contributed by atoms with Crippen molar-refractivity contribution in [3.8, 4) is 10.4 Å². The minimum absolute atomic E-state index is 0.0755.